The van der Waals surface area contributed by atoms with E-state index < -0.39 is 0 Å². The van der Waals surface area contributed by atoms with E-state index in [-0.39, 0.29) is 0 Å². The zero-order valence-electron chi connectivity index (χ0n) is 9.44. The molecule has 0 saturated carbocycles. The Kier molecular flexibility index (Phi) is 4.05. The van der Waals surface area contributed by atoms with Crippen LogP contribution < -0.4 is 5.32 Å². The Balaban J connectivity index is 2.11. The van der Waals surface area contributed by atoms with Crippen molar-refractivity contribution in [3.8, 4) is 0 Å². The van der Waals surface area contributed by atoms with Gasteiger partial charge in [0, 0.05) is 23.8 Å². The Morgan fingerprint density at radius 2 is 2.12 bits per heavy atom. The lowest BCUT2D eigenvalue weighted by Crippen LogP contribution is -2.03. The first-order chi connectivity index (χ1) is 7.92. The molecule has 0 saturated heterocycles. The second-order valence-corrected chi connectivity index (χ2v) is 4.63. The van der Waals surface area contributed by atoms with Gasteiger partial charge in [-0.3, -0.25) is 4.98 Å². The highest BCUT2D eigenvalue weighted by Crippen LogP contribution is 2.20. The summed E-state index contributed by atoms with van der Waals surface area (Å²) in [6.45, 7) is 1.02. The Bertz CT molecular complexity index is 451. The molecule has 0 fully saturated rings. The third kappa shape index (κ3) is 2.67. The van der Waals surface area contributed by atoms with Crippen molar-refractivity contribution in [1.82, 2.24) is 4.98 Å². The SMILES string of the molecule is CSCCCNc1ccnc2ccccc12. The largest absolute Gasteiger partial charge is 0.384 e. The normalized spacial score (nSPS) is 10.6. The van der Waals surface area contributed by atoms with E-state index in [1.165, 1.54) is 23.2 Å². The molecule has 1 heterocycles. The quantitative estimate of drug-likeness (QED) is 0.800. The van der Waals surface area contributed by atoms with Gasteiger partial charge in [-0.05, 0) is 30.6 Å². The Hall–Kier alpha value is -1.22. The fraction of sp³-hybridized carbons (Fsp3) is 0.308. The number of benzene rings is 1. The zero-order valence-corrected chi connectivity index (χ0v) is 10.3. The van der Waals surface area contributed by atoms with Crippen LogP contribution in [0, 0.1) is 0 Å². The van der Waals surface area contributed by atoms with Crippen LogP contribution in [0.15, 0.2) is 36.5 Å². The van der Waals surface area contributed by atoms with Crippen molar-refractivity contribution < 1.29 is 0 Å². The van der Waals surface area contributed by atoms with Gasteiger partial charge < -0.3 is 5.32 Å². The molecule has 84 valence electrons. The second kappa shape index (κ2) is 5.75. The topological polar surface area (TPSA) is 24.9 Å². The minimum absolute atomic E-state index is 1.02. The molecule has 0 atom stereocenters. The van der Waals surface area contributed by atoms with Crippen LogP contribution in [-0.2, 0) is 0 Å². The number of para-hydroxylation sites is 1. The number of fused-ring (bicyclic) bond motifs is 1. The first-order valence-corrected chi connectivity index (χ1v) is 6.88. The van der Waals surface area contributed by atoms with Crippen LogP contribution in [0.1, 0.15) is 6.42 Å². The second-order valence-electron chi connectivity index (χ2n) is 3.65. The summed E-state index contributed by atoms with van der Waals surface area (Å²) in [5.41, 5.74) is 2.24. The molecule has 0 spiro atoms. The van der Waals surface area contributed by atoms with E-state index in [4.69, 9.17) is 0 Å². The molecule has 0 radical (unpaired) electrons. The number of aromatic nitrogens is 1. The molecule has 0 aliphatic rings. The van der Waals surface area contributed by atoms with Crippen molar-refractivity contribution in [2.24, 2.45) is 0 Å². The van der Waals surface area contributed by atoms with Gasteiger partial charge in [-0.25, -0.2) is 0 Å². The van der Waals surface area contributed by atoms with Gasteiger partial charge in [0.15, 0.2) is 0 Å². The van der Waals surface area contributed by atoms with E-state index in [0.29, 0.717) is 0 Å². The van der Waals surface area contributed by atoms with Crippen LogP contribution in [0.4, 0.5) is 5.69 Å². The summed E-state index contributed by atoms with van der Waals surface area (Å²) in [6.07, 6.45) is 5.19. The van der Waals surface area contributed by atoms with Crippen LogP contribution in [0.3, 0.4) is 0 Å². The molecule has 0 unspecified atom stereocenters. The molecule has 2 rings (SSSR count). The molecular weight excluding hydrogens is 216 g/mol. The predicted octanol–water partition coefficient (Wildman–Crippen LogP) is 3.40. The van der Waals surface area contributed by atoms with E-state index in [2.05, 4.69) is 28.7 Å². The number of nitrogens with zero attached hydrogens (tertiary/aromatic N) is 1. The van der Waals surface area contributed by atoms with E-state index in [0.717, 1.165) is 12.1 Å². The number of pyridine rings is 1. The van der Waals surface area contributed by atoms with Gasteiger partial charge in [-0.15, -0.1) is 0 Å². The van der Waals surface area contributed by atoms with Gasteiger partial charge in [-0.1, -0.05) is 18.2 Å². The average Bonchev–Trinajstić information content (AvgIpc) is 2.35. The van der Waals surface area contributed by atoms with E-state index in [1.54, 1.807) is 0 Å². The lowest BCUT2D eigenvalue weighted by molar-refractivity contribution is 0.995. The summed E-state index contributed by atoms with van der Waals surface area (Å²) < 4.78 is 0. The van der Waals surface area contributed by atoms with Crippen LogP contribution in [0.2, 0.25) is 0 Å². The van der Waals surface area contributed by atoms with Crippen LogP contribution in [0.5, 0.6) is 0 Å². The molecule has 2 nitrogen and oxygen atoms in total. The lowest BCUT2D eigenvalue weighted by atomic mass is 10.2. The molecule has 0 amide bonds. The van der Waals surface area contributed by atoms with Gasteiger partial charge >= 0.3 is 0 Å². The summed E-state index contributed by atoms with van der Waals surface area (Å²) in [5.74, 6) is 1.20. The van der Waals surface area contributed by atoms with Gasteiger partial charge in [-0.2, -0.15) is 11.8 Å². The number of hydrogen-bond acceptors (Lipinski definition) is 3. The van der Waals surface area contributed by atoms with Crippen molar-refractivity contribution in [2.75, 3.05) is 23.9 Å². The first-order valence-electron chi connectivity index (χ1n) is 5.48. The number of thioether (sulfide) groups is 1. The molecular formula is C13H16N2S. The Morgan fingerprint density at radius 3 is 3.00 bits per heavy atom. The van der Waals surface area contributed by atoms with Crippen molar-refractivity contribution >= 4 is 28.4 Å². The first kappa shape index (κ1) is 11.3. The molecule has 16 heavy (non-hydrogen) atoms. The number of anilines is 1. The van der Waals surface area contributed by atoms with Crippen LogP contribution in [0.25, 0.3) is 10.9 Å². The van der Waals surface area contributed by atoms with Gasteiger partial charge in [0.2, 0.25) is 0 Å². The van der Waals surface area contributed by atoms with Crippen molar-refractivity contribution in [3.63, 3.8) is 0 Å². The standard InChI is InChI=1S/C13H16N2S/c1-16-10-4-8-14-13-7-9-15-12-6-3-2-5-11(12)13/h2-3,5-7,9H,4,8,10H2,1H3,(H,14,15). The van der Waals surface area contributed by atoms with Crippen molar-refractivity contribution in [2.45, 2.75) is 6.42 Å². The van der Waals surface area contributed by atoms with E-state index in [1.807, 2.05) is 36.2 Å². The van der Waals surface area contributed by atoms with Gasteiger partial charge in [0.05, 0.1) is 5.52 Å². The smallest absolute Gasteiger partial charge is 0.0722 e. The minimum Gasteiger partial charge on any atom is -0.384 e. The number of rotatable bonds is 5. The van der Waals surface area contributed by atoms with E-state index in [9.17, 15) is 0 Å². The van der Waals surface area contributed by atoms with Gasteiger partial charge in [0.25, 0.3) is 0 Å². The molecule has 0 bridgehead atoms. The summed E-state index contributed by atoms with van der Waals surface area (Å²) in [5, 5.41) is 4.67. The monoisotopic (exact) mass is 232 g/mol. The summed E-state index contributed by atoms with van der Waals surface area (Å²) >= 11 is 1.89. The molecule has 0 aliphatic carbocycles. The van der Waals surface area contributed by atoms with Crippen molar-refractivity contribution in [3.05, 3.63) is 36.5 Å². The molecule has 0 aliphatic heterocycles. The fourth-order valence-electron chi connectivity index (χ4n) is 1.69. The van der Waals surface area contributed by atoms with E-state index >= 15 is 0 Å². The fourth-order valence-corrected chi connectivity index (χ4v) is 2.12. The van der Waals surface area contributed by atoms with Gasteiger partial charge in [0.1, 0.15) is 0 Å². The Morgan fingerprint density at radius 1 is 1.25 bits per heavy atom. The number of nitrogens with one attached hydrogen (secondary N) is 1. The van der Waals surface area contributed by atoms with Crippen molar-refractivity contribution in [1.29, 1.82) is 0 Å². The predicted molar refractivity (Wildman–Crippen MR) is 73.2 cm³/mol. The number of hydrogen-bond donors (Lipinski definition) is 1. The maximum absolute atomic E-state index is 4.34. The molecule has 1 N–H and O–H groups in total. The Labute approximate surface area is 100 Å². The minimum atomic E-state index is 1.02. The summed E-state index contributed by atoms with van der Waals surface area (Å²) in [4.78, 5) is 4.34. The highest BCUT2D eigenvalue weighted by Gasteiger charge is 1.99. The highest BCUT2D eigenvalue weighted by atomic mass is 32.2. The maximum Gasteiger partial charge on any atom is 0.0722 e. The molecule has 3 heteroatoms. The average molecular weight is 232 g/mol. The zero-order chi connectivity index (χ0) is 11.2. The van der Waals surface area contributed by atoms with Crippen LogP contribution >= 0.6 is 11.8 Å². The summed E-state index contributed by atoms with van der Waals surface area (Å²) in [7, 11) is 0. The highest BCUT2D eigenvalue weighted by molar-refractivity contribution is 7.98. The molecule has 1 aromatic carbocycles. The van der Waals surface area contributed by atoms with Crippen LogP contribution in [-0.4, -0.2) is 23.5 Å². The maximum atomic E-state index is 4.34. The third-order valence-corrected chi connectivity index (χ3v) is 3.19. The summed E-state index contributed by atoms with van der Waals surface area (Å²) in [6, 6.07) is 10.3. The third-order valence-electron chi connectivity index (χ3n) is 2.49. The molecule has 1 aromatic heterocycles. The molecule has 2 aromatic rings. The lowest BCUT2D eigenvalue weighted by Gasteiger charge is -2.08.